The molecule has 0 bridgehead atoms. The van der Waals surface area contributed by atoms with Crippen LogP contribution in [0.2, 0.25) is 0 Å². The first-order chi connectivity index (χ1) is 14.2. The van der Waals surface area contributed by atoms with E-state index in [1.807, 2.05) is 41.8 Å². The summed E-state index contributed by atoms with van der Waals surface area (Å²) in [5.74, 6) is -0.181. The molecule has 1 fully saturated rings. The minimum absolute atomic E-state index is 0.0764. The van der Waals surface area contributed by atoms with Crippen molar-refractivity contribution in [2.45, 2.75) is 25.9 Å². The Bertz CT molecular complexity index is 1070. The third-order valence-electron chi connectivity index (χ3n) is 5.14. The molecule has 1 aromatic carbocycles. The summed E-state index contributed by atoms with van der Waals surface area (Å²) >= 11 is 1.58. The van der Waals surface area contributed by atoms with Crippen molar-refractivity contribution in [2.24, 2.45) is 0 Å². The summed E-state index contributed by atoms with van der Waals surface area (Å²) in [4.78, 5) is 28.4. The molecule has 0 spiro atoms. The van der Waals surface area contributed by atoms with E-state index in [-0.39, 0.29) is 18.0 Å². The monoisotopic (exact) mass is 408 g/mol. The van der Waals surface area contributed by atoms with Crippen molar-refractivity contribution in [3.8, 4) is 0 Å². The van der Waals surface area contributed by atoms with Gasteiger partial charge >= 0.3 is 0 Å². The van der Waals surface area contributed by atoms with E-state index in [2.05, 4.69) is 15.3 Å². The van der Waals surface area contributed by atoms with E-state index < -0.39 is 0 Å². The molecular formula is C22H24N4O2S. The van der Waals surface area contributed by atoms with Crippen LogP contribution in [0.15, 0.2) is 52.6 Å². The van der Waals surface area contributed by atoms with Crippen LogP contribution in [-0.4, -0.2) is 40.2 Å². The van der Waals surface area contributed by atoms with Gasteiger partial charge in [-0.05, 0) is 49.5 Å². The SMILES string of the molecule is O=C(/C=C/c1cccs1)NCc1nn(CCN2CCCC2)c(=O)c2ccccc12. The Balaban J connectivity index is 1.51. The van der Waals surface area contributed by atoms with Crippen molar-refractivity contribution in [3.63, 3.8) is 0 Å². The first-order valence-electron chi connectivity index (χ1n) is 9.91. The smallest absolute Gasteiger partial charge is 0.274 e. The number of rotatable bonds is 7. The maximum absolute atomic E-state index is 12.8. The molecule has 150 valence electrons. The molecule has 0 aliphatic carbocycles. The van der Waals surface area contributed by atoms with Crippen LogP contribution in [0.5, 0.6) is 0 Å². The molecule has 0 atom stereocenters. The minimum atomic E-state index is -0.181. The fraction of sp³-hybridized carbons (Fsp3) is 0.318. The lowest BCUT2D eigenvalue weighted by Crippen LogP contribution is -2.32. The van der Waals surface area contributed by atoms with Crippen LogP contribution >= 0.6 is 11.3 Å². The fourth-order valence-electron chi connectivity index (χ4n) is 3.60. The predicted octanol–water partition coefficient (Wildman–Crippen LogP) is 2.88. The Morgan fingerprint density at radius 1 is 1.10 bits per heavy atom. The normalized spacial score (nSPS) is 14.8. The number of carbonyl (C=O) groups is 1. The van der Waals surface area contributed by atoms with Crippen molar-refractivity contribution in [1.82, 2.24) is 20.0 Å². The van der Waals surface area contributed by atoms with Crippen LogP contribution in [0.4, 0.5) is 0 Å². The van der Waals surface area contributed by atoms with Gasteiger partial charge in [0.05, 0.1) is 24.2 Å². The number of amides is 1. The van der Waals surface area contributed by atoms with E-state index in [1.165, 1.54) is 18.9 Å². The molecule has 29 heavy (non-hydrogen) atoms. The van der Waals surface area contributed by atoms with Crippen LogP contribution in [-0.2, 0) is 17.9 Å². The van der Waals surface area contributed by atoms with Gasteiger partial charge in [0, 0.05) is 22.9 Å². The highest BCUT2D eigenvalue weighted by Crippen LogP contribution is 2.14. The Morgan fingerprint density at radius 2 is 1.90 bits per heavy atom. The molecule has 7 heteroatoms. The van der Waals surface area contributed by atoms with Crippen molar-refractivity contribution in [1.29, 1.82) is 0 Å². The van der Waals surface area contributed by atoms with E-state index in [0.29, 0.717) is 17.6 Å². The fourth-order valence-corrected chi connectivity index (χ4v) is 4.22. The second kappa shape index (κ2) is 9.15. The van der Waals surface area contributed by atoms with Gasteiger partial charge in [-0.15, -0.1) is 11.3 Å². The van der Waals surface area contributed by atoms with Crippen LogP contribution in [0.1, 0.15) is 23.4 Å². The summed E-state index contributed by atoms with van der Waals surface area (Å²) in [6, 6.07) is 11.4. The lowest BCUT2D eigenvalue weighted by atomic mass is 10.1. The molecule has 1 saturated heterocycles. The van der Waals surface area contributed by atoms with Gasteiger partial charge in [0.1, 0.15) is 0 Å². The Labute approximate surface area is 173 Å². The van der Waals surface area contributed by atoms with E-state index in [1.54, 1.807) is 22.1 Å². The molecule has 0 saturated carbocycles. The topological polar surface area (TPSA) is 67.2 Å². The molecule has 0 radical (unpaired) electrons. The highest BCUT2D eigenvalue weighted by molar-refractivity contribution is 7.10. The predicted molar refractivity (Wildman–Crippen MR) is 117 cm³/mol. The Kier molecular flexibility index (Phi) is 6.17. The highest BCUT2D eigenvalue weighted by Gasteiger charge is 2.14. The number of thiophene rings is 1. The van der Waals surface area contributed by atoms with Gasteiger partial charge in [0.2, 0.25) is 5.91 Å². The zero-order chi connectivity index (χ0) is 20.1. The molecule has 1 amide bonds. The molecule has 3 heterocycles. The Morgan fingerprint density at radius 3 is 2.66 bits per heavy atom. The summed E-state index contributed by atoms with van der Waals surface area (Å²) in [6.45, 7) is 3.82. The van der Waals surface area contributed by atoms with Gasteiger partial charge in [-0.2, -0.15) is 5.10 Å². The third-order valence-corrected chi connectivity index (χ3v) is 5.98. The van der Waals surface area contributed by atoms with Crippen LogP contribution in [0.3, 0.4) is 0 Å². The summed E-state index contributed by atoms with van der Waals surface area (Å²) < 4.78 is 1.55. The van der Waals surface area contributed by atoms with Crippen molar-refractivity contribution in [2.75, 3.05) is 19.6 Å². The van der Waals surface area contributed by atoms with Gasteiger partial charge in [-0.25, -0.2) is 4.68 Å². The van der Waals surface area contributed by atoms with Gasteiger partial charge in [-0.1, -0.05) is 24.3 Å². The molecule has 3 aromatic rings. The highest BCUT2D eigenvalue weighted by atomic mass is 32.1. The number of hydrogen-bond donors (Lipinski definition) is 1. The number of likely N-dealkylation sites (tertiary alicyclic amines) is 1. The summed E-state index contributed by atoms with van der Waals surface area (Å²) in [7, 11) is 0. The molecular weight excluding hydrogens is 384 g/mol. The van der Waals surface area contributed by atoms with Gasteiger partial charge in [-0.3, -0.25) is 9.59 Å². The second-order valence-corrected chi connectivity index (χ2v) is 8.12. The number of hydrogen-bond acceptors (Lipinski definition) is 5. The number of fused-ring (bicyclic) bond motifs is 1. The lowest BCUT2D eigenvalue weighted by molar-refractivity contribution is -0.116. The first-order valence-corrected chi connectivity index (χ1v) is 10.8. The molecule has 1 N–H and O–H groups in total. The van der Waals surface area contributed by atoms with Gasteiger partial charge in [0.25, 0.3) is 5.56 Å². The lowest BCUT2D eigenvalue weighted by Gasteiger charge is -2.16. The Hall–Kier alpha value is -2.77. The molecule has 4 rings (SSSR count). The minimum Gasteiger partial charge on any atom is -0.347 e. The molecule has 6 nitrogen and oxygen atoms in total. The van der Waals surface area contributed by atoms with Crippen molar-refractivity contribution in [3.05, 3.63) is 68.8 Å². The third kappa shape index (κ3) is 4.81. The first kappa shape index (κ1) is 19.5. The molecule has 1 aliphatic rings. The van der Waals surface area contributed by atoms with Crippen LogP contribution in [0.25, 0.3) is 16.8 Å². The summed E-state index contributed by atoms with van der Waals surface area (Å²) in [5.41, 5.74) is 0.631. The van der Waals surface area contributed by atoms with Crippen molar-refractivity contribution >= 4 is 34.1 Å². The maximum Gasteiger partial charge on any atom is 0.274 e. The average molecular weight is 409 g/mol. The average Bonchev–Trinajstić information content (AvgIpc) is 3.45. The standard InChI is InChI=1S/C22H24N4O2S/c27-21(10-9-17-6-5-15-29-17)23-16-20-18-7-1-2-8-19(18)22(28)26(24-20)14-13-25-11-3-4-12-25/h1-2,5-10,15H,3-4,11-14,16H2,(H,23,27)/b10-9+. The number of carbonyl (C=O) groups excluding carboxylic acids is 1. The zero-order valence-corrected chi connectivity index (χ0v) is 17.0. The number of aromatic nitrogens is 2. The second-order valence-electron chi connectivity index (χ2n) is 7.14. The number of nitrogens with zero attached hydrogens (tertiary/aromatic N) is 3. The van der Waals surface area contributed by atoms with E-state index >= 15 is 0 Å². The van der Waals surface area contributed by atoms with E-state index in [4.69, 9.17) is 0 Å². The summed E-state index contributed by atoms with van der Waals surface area (Å²) in [5, 5.41) is 10.9. The van der Waals surface area contributed by atoms with Gasteiger partial charge < -0.3 is 10.2 Å². The van der Waals surface area contributed by atoms with E-state index in [9.17, 15) is 9.59 Å². The quantitative estimate of drug-likeness (QED) is 0.611. The van der Waals surface area contributed by atoms with E-state index in [0.717, 1.165) is 29.9 Å². The molecule has 1 aliphatic heterocycles. The maximum atomic E-state index is 12.8. The largest absolute Gasteiger partial charge is 0.347 e. The number of benzene rings is 1. The summed E-state index contributed by atoms with van der Waals surface area (Å²) in [6.07, 6.45) is 5.76. The zero-order valence-electron chi connectivity index (χ0n) is 16.2. The number of nitrogens with one attached hydrogen (secondary N) is 1. The van der Waals surface area contributed by atoms with Crippen LogP contribution < -0.4 is 10.9 Å². The van der Waals surface area contributed by atoms with Crippen LogP contribution in [0, 0.1) is 0 Å². The van der Waals surface area contributed by atoms with Crippen molar-refractivity contribution < 1.29 is 4.79 Å². The van der Waals surface area contributed by atoms with Gasteiger partial charge in [0.15, 0.2) is 0 Å². The molecule has 0 unspecified atom stereocenters. The molecule has 2 aromatic heterocycles.